The summed E-state index contributed by atoms with van der Waals surface area (Å²) >= 11 is 2.41. The number of allylic oxidation sites excluding steroid dienone is 1. The number of nitrogens with zero attached hydrogens (tertiary/aromatic N) is 2. The highest BCUT2D eigenvalue weighted by Gasteiger charge is 2.29. The summed E-state index contributed by atoms with van der Waals surface area (Å²) in [6.45, 7) is 2.20. The highest BCUT2D eigenvalue weighted by molar-refractivity contribution is 14.1. The Morgan fingerprint density at radius 2 is 1.16 bits per heavy atom. The highest BCUT2D eigenvalue weighted by Crippen LogP contribution is 2.37. The minimum absolute atomic E-state index is 0.202. The van der Waals surface area contributed by atoms with E-state index in [4.69, 9.17) is 9.47 Å². The first-order valence-electron chi connectivity index (χ1n) is 14.0. The molecule has 4 amide bonds. The van der Waals surface area contributed by atoms with Crippen molar-refractivity contribution < 1.29 is 28.7 Å². The molecule has 2 unspecified atom stereocenters. The number of rotatable bonds is 9. The van der Waals surface area contributed by atoms with Crippen molar-refractivity contribution in [2.45, 2.75) is 24.9 Å². The number of ether oxygens (including phenoxy) is 2. The minimum Gasteiger partial charge on any atom is -0.486 e. The molecule has 0 fully saturated rings. The summed E-state index contributed by atoms with van der Waals surface area (Å²) < 4.78 is 13.0. The van der Waals surface area contributed by atoms with Gasteiger partial charge in [0, 0.05) is 46.3 Å². The largest absolute Gasteiger partial charge is 0.486 e. The molecule has 3 aromatic carbocycles. The van der Waals surface area contributed by atoms with Crippen LogP contribution in [0.25, 0.3) is 0 Å². The Morgan fingerprint density at radius 3 is 1.64 bits per heavy atom. The van der Waals surface area contributed by atoms with Crippen LogP contribution >= 0.6 is 22.6 Å². The molecule has 0 saturated carbocycles. The predicted molar refractivity (Wildman–Crippen MR) is 174 cm³/mol. The number of imide groups is 2. The molecule has 8 nitrogen and oxygen atoms in total. The van der Waals surface area contributed by atoms with E-state index in [0.29, 0.717) is 29.3 Å². The second kappa shape index (κ2) is 12.1. The fourth-order valence-corrected chi connectivity index (χ4v) is 6.12. The van der Waals surface area contributed by atoms with Gasteiger partial charge in [-0.3, -0.25) is 19.2 Å². The zero-order valence-corrected chi connectivity index (χ0v) is 25.8. The van der Waals surface area contributed by atoms with Crippen LogP contribution in [0.5, 0.6) is 17.2 Å². The number of carbonyl (C=O) groups is 4. The van der Waals surface area contributed by atoms with Crippen molar-refractivity contribution >= 4 is 51.9 Å². The first-order valence-corrected chi connectivity index (χ1v) is 15.5. The Bertz CT molecular complexity index is 1720. The normalized spacial score (nSPS) is 19.0. The Morgan fingerprint density at radius 1 is 0.682 bits per heavy atom. The molecule has 9 heteroatoms. The molecular weight excluding hydrogens is 671 g/mol. The number of hydrogen-bond acceptors (Lipinski definition) is 6. The van der Waals surface area contributed by atoms with Crippen LogP contribution in [-0.2, 0) is 24.6 Å². The van der Waals surface area contributed by atoms with Gasteiger partial charge in [-0.15, -0.1) is 0 Å². The van der Waals surface area contributed by atoms with Crippen LogP contribution in [0.2, 0.25) is 0 Å². The van der Waals surface area contributed by atoms with E-state index in [1.165, 1.54) is 24.3 Å². The molecule has 1 aliphatic carbocycles. The Hall–Kier alpha value is -4.77. The lowest BCUT2D eigenvalue weighted by Crippen LogP contribution is -2.30. The Labute approximate surface area is 268 Å². The lowest BCUT2D eigenvalue weighted by atomic mass is 9.78. The molecule has 220 valence electrons. The second-order valence-electron chi connectivity index (χ2n) is 10.7. The van der Waals surface area contributed by atoms with E-state index in [1.54, 1.807) is 30.3 Å². The molecule has 2 heterocycles. The number of amides is 4. The average molecular weight is 699 g/mol. The number of anilines is 1. The van der Waals surface area contributed by atoms with E-state index >= 15 is 0 Å². The Balaban J connectivity index is 1.08. The fraction of sp³-hybridized carbons (Fsp3) is 0.143. The van der Waals surface area contributed by atoms with Crippen LogP contribution in [-0.4, -0.2) is 39.1 Å². The van der Waals surface area contributed by atoms with Crippen molar-refractivity contribution in [2.75, 3.05) is 9.33 Å². The van der Waals surface area contributed by atoms with Gasteiger partial charge in [-0.25, -0.2) is 9.80 Å². The third kappa shape index (κ3) is 5.74. The van der Waals surface area contributed by atoms with E-state index in [-0.39, 0.29) is 35.1 Å². The smallest absolute Gasteiger partial charge is 0.258 e. The van der Waals surface area contributed by atoms with Gasteiger partial charge in [-0.2, -0.15) is 0 Å². The van der Waals surface area contributed by atoms with E-state index in [2.05, 4.69) is 53.8 Å². The van der Waals surface area contributed by atoms with Crippen LogP contribution in [0.3, 0.4) is 0 Å². The summed E-state index contributed by atoms with van der Waals surface area (Å²) in [4.78, 5) is 50.0. The molecule has 0 radical (unpaired) electrons. The van der Waals surface area contributed by atoms with Crippen molar-refractivity contribution in [1.29, 1.82) is 0 Å². The summed E-state index contributed by atoms with van der Waals surface area (Å²) in [5, 5.41) is 0. The number of alkyl halides is 1. The molecule has 2 aliphatic heterocycles. The SMILES string of the molecule is CC(CI)(c1ccc(Oc2ccc(N3C(=O)C=CC3=O)cc2)cc1)c1ccc(OC2C=CC(N3C(=O)C=CC3=O)=CC2)cc1. The summed E-state index contributed by atoms with van der Waals surface area (Å²) in [7, 11) is 0. The van der Waals surface area contributed by atoms with Crippen molar-refractivity contribution in [2.24, 2.45) is 0 Å². The van der Waals surface area contributed by atoms with E-state index < -0.39 is 0 Å². The number of halogens is 1. The van der Waals surface area contributed by atoms with Crippen molar-refractivity contribution in [3.8, 4) is 17.2 Å². The quantitative estimate of drug-likeness (QED) is 0.151. The van der Waals surface area contributed by atoms with E-state index in [1.807, 2.05) is 36.4 Å². The summed E-state index contributed by atoms with van der Waals surface area (Å²) in [6, 6.07) is 22.9. The van der Waals surface area contributed by atoms with Crippen LogP contribution in [0, 0.1) is 0 Å². The first-order chi connectivity index (χ1) is 21.2. The lowest BCUT2D eigenvalue weighted by molar-refractivity contribution is -0.134. The van der Waals surface area contributed by atoms with Gasteiger partial charge in [0.15, 0.2) is 0 Å². The van der Waals surface area contributed by atoms with Crippen molar-refractivity contribution in [3.05, 3.63) is 132 Å². The molecular formula is C35H27IN2O6. The molecule has 0 bridgehead atoms. The molecule has 3 aliphatic rings. The van der Waals surface area contributed by atoms with Crippen LogP contribution in [0.4, 0.5) is 5.69 Å². The van der Waals surface area contributed by atoms with E-state index in [0.717, 1.165) is 31.1 Å². The van der Waals surface area contributed by atoms with Gasteiger partial charge in [0.2, 0.25) is 0 Å². The third-order valence-electron chi connectivity index (χ3n) is 7.79. The maximum atomic E-state index is 11.9. The number of carbonyl (C=O) groups excluding carboxylic acids is 4. The summed E-state index contributed by atoms with van der Waals surface area (Å²) in [5.74, 6) is 0.613. The first kappa shape index (κ1) is 29.3. The molecule has 44 heavy (non-hydrogen) atoms. The van der Waals surface area contributed by atoms with Crippen molar-refractivity contribution in [1.82, 2.24) is 4.90 Å². The zero-order valence-electron chi connectivity index (χ0n) is 23.7. The molecule has 0 N–H and O–H groups in total. The standard InChI is InChI=1S/C35H27IN2O6/c1-35(22-36,23-2-10-27(11-3-23)43-29-14-6-25(7-15-29)37-31(39)18-19-32(37)40)24-4-12-28(13-5-24)44-30-16-8-26(9-17-30)38-33(41)20-21-34(38)42/h2-16,18-21,30H,17,22H2,1H3. The van der Waals surface area contributed by atoms with Gasteiger partial charge in [0.05, 0.1) is 5.69 Å². The van der Waals surface area contributed by atoms with Gasteiger partial charge in [0.25, 0.3) is 23.6 Å². The molecule has 3 aromatic rings. The summed E-state index contributed by atoms with van der Waals surface area (Å²) in [6.07, 6.45) is 10.9. The molecule has 0 spiro atoms. The molecule has 0 aromatic heterocycles. The summed E-state index contributed by atoms with van der Waals surface area (Å²) in [5.41, 5.74) is 3.08. The average Bonchev–Trinajstić information content (AvgIpc) is 3.57. The van der Waals surface area contributed by atoms with Crippen LogP contribution < -0.4 is 14.4 Å². The van der Waals surface area contributed by atoms with E-state index in [9.17, 15) is 19.2 Å². The Kier molecular flexibility index (Phi) is 8.05. The maximum Gasteiger partial charge on any atom is 0.258 e. The monoisotopic (exact) mass is 698 g/mol. The zero-order chi connectivity index (χ0) is 30.8. The van der Waals surface area contributed by atoms with Crippen LogP contribution in [0.1, 0.15) is 24.5 Å². The van der Waals surface area contributed by atoms with Gasteiger partial charge < -0.3 is 9.47 Å². The van der Waals surface area contributed by atoms with Gasteiger partial charge in [-0.1, -0.05) is 59.9 Å². The molecule has 2 atom stereocenters. The predicted octanol–water partition coefficient (Wildman–Crippen LogP) is 6.17. The molecule has 6 rings (SSSR count). The van der Waals surface area contributed by atoms with Crippen molar-refractivity contribution in [3.63, 3.8) is 0 Å². The number of hydrogen-bond donors (Lipinski definition) is 0. The fourth-order valence-electron chi connectivity index (χ4n) is 5.24. The number of benzene rings is 3. The lowest BCUT2D eigenvalue weighted by Gasteiger charge is -2.29. The van der Waals surface area contributed by atoms with Crippen LogP contribution in [0.15, 0.2) is 121 Å². The highest BCUT2D eigenvalue weighted by atomic mass is 127. The molecule has 0 saturated heterocycles. The third-order valence-corrected chi connectivity index (χ3v) is 9.31. The minimum atomic E-state index is -0.359. The van der Waals surface area contributed by atoms with Gasteiger partial charge >= 0.3 is 0 Å². The van der Waals surface area contributed by atoms with Gasteiger partial charge in [0.1, 0.15) is 23.4 Å². The van der Waals surface area contributed by atoms with Gasteiger partial charge in [-0.05, 0) is 71.8 Å². The topological polar surface area (TPSA) is 93.2 Å². The second-order valence-corrected chi connectivity index (χ2v) is 11.4. The maximum absolute atomic E-state index is 11.9.